The standard InChI is InChI=1S/C17H20ClN3O4/c18-12-2-4-13(5-3-12)19-16(25)21-9-1-8-20(10-11-21)14(22)17(6-7-17)15(23)24/h2-5H,1,6-11H2,(H,19,25)(H,23,24). The summed E-state index contributed by atoms with van der Waals surface area (Å²) in [6.07, 6.45) is 1.42. The number of urea groups is 1. The number of carbonyl (C=O) groups excluding carboxylic acids is 2. The van der Waals surface area contributed by atoms with Gasteiger partial charge in [-0.25, -0.2) is 4.79 Å². The molecular weight excluding hydrogens is 346 g/mol. The molecule has 2 N–H and O–H groups in total. The van der Waals surface area contributed by atoms with Crippen molar-refractivity contribution in [2.24, 2.45) is 5.41 Å². The highest BCUT2D eigenvalue weighted by molar-refractivity contribution is 6.30. The Morgan fingerprint density at radius 3 is 2.20 bits per heavy atom. The number of carboxylic acids is 1. The van der Waals surface area contributed by atoms with Crippen LogP contribution in [0.4, 0.5) is 10.5 Å². The zero-order chi connectivity index (χ0) is 18.0. The normalized spacial score (nSPS) is 19.1. The monoisotopic (exact) mass is 365 g/mol. The highest BCUT2D eigenvalue weighted by Gasteiger charge is 2.58. The van der Waals surface area contributed by atoms with Gasteiger partial charge in [-0.1, -0.05) is 11.6 Å². The van der Waals surface area contributed by atoms with E-state index in [1.54, 1.807) is 34.1 Å². The van der Waals surface area contributed by atoms with Gasteiger partial charge in [0.1, 0.15) is 5.41 Å². The first-order valence-corrected chi connectivity index (χ1v) is 8.64. The number of hydrogen-bond acceptors (Lipinski definition) is 3. The van der Waals surface area contributed by atoms with Crippen molar-refractivity contribution >= 4 is 35.2 Å². The van der Waals surface area contributed by atoms with Crippen molar-refractivity contribution in [3.8, 4) is 0 Å². The van der Waals surface area contributed by atoms with Gasteiger partial charge in [0.25, 0.3) is 0 Å². The summed E-state index contributed by atoms with van der Waals surface area (Å²) in [5.74, 6) is -1.36. The number of halogens is 1. The van der Waals surface area contributed by atoms with Crippen molar-refractivity contribution in [1.29, 1.82) is 0 Å². The second kappa shape index (κ2) is 6.92. The van der Waals surface area contributed by atoms with Gasteiger partial charge in [-0.05, 0) is 43.5 Å². The molecule has 7 nitrogen and oxygen atoms in total. The van der Waals surface area contributed by atoms with Crippen molar-refractivity contribution in [3.63, 3.8) is 0 Å². The molecule has 0 bridgehead atoms. The van der Waals surface area contributed by atoms with E-state index in [2.05, 4.69) is 5.32 Å². The van der Waals surface area contributed by atoms with Crippen LogP contribution in [0.15, 0.2) is 24.3 Å². The highest BCUT2D eigenvalue weighted by Crippen LogP contribution is 2.47. The van der Waals surface area contributed by atoms with E-state index >= 15 is 0 Å². The third kappa shape index (κ3) is 3.71. The summed E-state index contributed by atoms with van der Waals surface area (Å²) in [6.45, 7) is 1.71. The molecule has 0 spiro atoms. The number of nitrogens with one attached hydrogen (secondary N) is 1. The van der Waals surface area contributed by atoms with Gasteiger partial charge in [0, 0.05) is 36.9 Å². The van der Waals surface area contributed by atoms with E-state index in [1.807, 2.05) is 0 Å². The van der Waals surface area contributed by atoms with Gasteiger partial charge in [0.2, 0.25) is 5.91 Å². The number of carbonyl (C=O) groups is 3. The third-order valence-corrected chi connectivity index (χ3v) is 4.99. The van der Waals surface area contributed by atoms with Gasteiger partial charge in [0.15, 0.2) is 0 Å². The molecule has 0 radical (unpaired) electrons. The van der Waals surface area contributed by atoms with Crippen LogP contribution in [0.5, 0.6) is 0 Å². The Balaban J connectivity index is 1.58. The molecule has 0 unspecified atom stereocenters. The largest absolute Gasteiger partial charge is 0.480 e. The highest BCUT2D eigenvalue weighted by atomic mass is 35.5. The summed E-state index contributed by atoms with van der Waals surface area (Å²) in [5.41, 5.74) is -0.574. The lowest BCUT2D eigenvalue weighted by Gasteiger charge is -2.24. The quantitative estimate of drug-likeness (QED) is 0.804. The van der Waals surface area contributed by atoms with Crippen molar-refractivity contribution in [2.75, 3.05) is 31.5 Å². The van der Waals surface area contributed by atoms with E-state index in [0.29, 0.717) is 56.2 Å². The van der Waals surface area contributed by atoms with Crippen molar-refractivity contribution in [3.05, 3.63) is 29.3 Å². The third-order valence-electron chi connectivity index (χ3n) is 4.73. The minimum absolute atomic E-state index is 0.240. The van der Waals surface area contributed by atoms with Gasteiger partial charge in [-0.15, -0.1) is 0 Å². The molecule has 0 atom stereocenters. The van der Waals surface area contributed by atoms with E-state index in [9.17, 15) is 19.5 Å². The summed E-state index contributed by atoms with van der Waals surface area (Å²) in [6, 6.07) is 6.59. The summed E-state index contributed by atoms with van der Waals surface area (Å²) in [7, 11) is 0. The van der Waals surface area contributed by atoms with E-state index < -0.39 is 11.4 Å². The Hall–Kier alpha value is -2.28. The first kappa shape index (κ1) is 17.5. The van der Waals surface area contributed by atoms with Crippen LogP contribution in [0.25, 0.3) is 0 Å². The SMILES string of the molecule is O=C(Nc1ccc(Cl)cc1)N1CCCN(C(=O)C2(C(=O)O)CC2)CC1. The van der Waals surface area contributed by atoms with Crippen molar-refractivity contribution in [2.45, 2.75) is 19.3 Å². The van der Waals surface area contributed by atoms with E-state index in [1.165, 1.54) is 0 Å². The number of nitrogens with zero attached hydrogens (tertiary/aromatic N) is 2. The average molecular weight is 366 g/mol. The maximum Gasteiger partial charge on any atom is 0.321 e. The fraction of sp³-hybridized carbons (Fsp3) is 0.471. The van der Waals surface area contributed by atoms with E-state index in [4.69, 9.17) is 11.6 Å². The van der Waals surface area contributed by atoms with Gasteiger partial charge in [0.05, 0.1) is 0 Å². The van der Waals surface area contributed by atoms with Crippen LogP contribution in [0.1, 0.15) is 19.3 Å². The minimum atomic E-state index is -1.22. The lowest BCUT2D eigenvalue weighted by Crippen LogP contribution is -2.43. The van der Waals surface area contributed by atoms with Crippen LogP contribution in [0.2, 0.25) is 5.02 Å². The number of amides is 3. The predicted molar refractivity (Wildman–Crippen MR) is 92.5 cm³/mol. The molecule has 3 rings (SSSR count). The number of rotatable bonds is 3. The van der Waals surface area contributed by atoms with Crippen LogP contribution >= 0.6 is 11.6 Å². The molecule has 3 amide bonds. The zero-order valence-electron chi connectivity index (χ0n) is 13.7. The van der Waals surface area contributed by atoms with Crippen LogP contribution in [-0.2, 0) is 9.59 Å². The van der Waals surface area contributed by atoms with Gasteiger partial charge < -0.3 is 20.2 Å². The van der Waals surface area contributed by atoms with Gasteiger partial charge in [-0.2, -0.15) is 0 Å². The summed E-state index contributed by atoms with van der Waals surface area (Å²) < 4.78 is 0. The molecule has 1 heterocycles. The van der Waals surface area contributed by atoms with Crippen molar-refractivity contribution < 1.29 is 19.5 Å². The number of anilines is 1. The lowest BCUT2D eigenvalue weighted by molar-refractivity contribution is -0.153. The van der Waals surface area contributed by atoms with Gasteiger partial charge >= 0.3 is 12.0 Å². The Morgan fingerprint density at radius 2 is 1.60 bits per heavy atom. The molecule has 2 fully saturated rings. The molecule has 1 saturated heterocycles. The molecule has 1 aromatic carbocycles. The van der Waals surface area contributed by atoms with Crippen LogP contribution in [0.3, 0.4) is 0 Å². The minimum Gasteiger partial charge on any atom is -0.480 e. The Labute approximate surface area is 150 Å². The second-order valence-corrected chi connectivity index (χ2v) is 6.89. The van der Waals surface area contributed by atoms with E-state index in [-0.39, 0.29) is 11.9 Å². The summed E-state index contributed by atoms with van der Waals surface area (Å²) in [4.78, 5) is 39.4. The lowest BCUT2D eigenvalue weighted by atomic mass is 10.1. The second-order valence-electron chi connectivity index (χ2n) is 6.46. The molecule has 1 aliphatic carbocycles. The van der Waals surface area contributed by atoms with Crippen LogP contribution in [0, 0.1) is 5.41 Å². The molecular formula is C17H20ClN3O4. The number of carboxylic acid groups (broad SMARTS) is 1. The van der Waals surface area contributed by atoms with Crippen LogP contribution < -0.4 is 5.32 Å². The first-order valence-electron chi connectivity index (χ1n) is 8.27. The summed E-state index contributed by atoms with van der Waals surface area (Å²) in [5, 5.41) is 12.7. The molecule has 2 aliphatic rings. The smallest absolute Gasteiger partial charge is 0.321 e. The van der Waals surface area contributed by atoms with E-state index in [0.717, 1.165) is 0 Å². The fourth-order valence-electron chi connectivity index (χ4n) is 3.01. The Morgan fingerprint density at radius 1 is 1.00 bits per heavy atom. The number of benzene rings is 1. The van der Waals surface area contributed by atoms with Gasteiger partial charge in [-0.3, -0.25) is 9.59 Å². The predicted octanol–water partition coefficient (Wildman–Crippen LogP) is 2.27. The van der Waals surface area contributed by atoms with Crippen molar-refractivity contribution in [1.82, 2.24) is 9.80 Å². The molecule has 1 aliphatic heterocycles. The molecule has 1 aromatic rings. The topological polar surface area (TPSA) is 90.0 Å². The maximum absolute atomic E-state index is 12.5. The molecule has 134 valence electrons. The maximum atomic E-state index is 12.5. The number of hydrogen-bond donors (Lipinski definition) is 2. The first-order chi connectivity index (χ1) is 11.9. The summed E-state index contributed by atoms with van der Waals surface area (Å²) >= 11 is 5.83. The van der Waals surface area contributed by atoms with Crippen LogP contribution in [-0.4, -0.2) is 59.0 Å². The fourth-order valence-corrected chi connectivity index (χ4v) is 3.13. The Kier molecular flexibility index (Phi) is 4.85. The molecule has 0 aromatic heterocycles. The zero-order valence-corrected chi connectivity index (χ0v) is 14.5. The average Bonchev–Trinajstić information content (AvgIpc) is 3.40. The Bertz CT molecular complexity index is 688. The molecule has 8 heteroatoms. The molecule has 25 heavy (non-hydrogen) atoms. The number of aliphatic carboxylic acids is 1. The molecule has 1 saturated carbocycles.